The summed E-state index contributed by atoms with van der Waals surface area (Å²) in [6, 6.07) is 0. The maximum atomic E-state index is 10.5. The molecule has 1 atom stereocenters. The predicted octanol–water partition coefficient (Wildman–Crippen LogP) is 3.29. The van der Waals surface area contributed by atoms with E-state index in [-0.39, 0.29) is 6.42 Å². The Labute approximate surface area is 93.3 Å². The third-order valence-electron chi connectivity index (χ3n) is 2.77. The molecule has 0 radical (unpaired) electrons. The van der Waals surface area contributed by atoms with Gasteiger partial charge in [-0.3, -0.25) is 4.79 Å². The minimum Gasteiger partial charge on any atom is -0.481 e. The van der Waals surface area contributed by atoms with Gasteiger partial charge in [-0.25, -0.2) is 0 Å². The highest BCUT2D eigenvalue weighted by Gasteiger charge is 2.17. The molecule has 1 heterocycles. The molecule has 1 aromatic heterocycles. The number of carbonyl (C=O) groups is 1. The van der Waals surface area contributed by atoms with Crippen molar-refractivity contribution in [3.05, 3.63) is 27.5 Å². The summed E-state index contributed by atoms with van der Waals surface area (Å²) in [4.78, 5) is 11.9. The van der Waals surface area contributed by atoms with Crippen LogP contribution in [0.5, 0.6) is 0 Å². The summed E-state index contributed by atoms with van der Waals surface area (Å²) in [6.45, 7) is 2.22. The molecule has 1 unspecified atom stereocenters. The van der Waals surface area contributed by atoms with Crippen LogP contribution in [0.15, 0.2) is 11.5 Å². The Hall–Kier alpha value is -1.09. The van der Waals surface area contributed by atoms with E-state index in [2.05, 4.69) is 24.5 Å². The van der Waals surface area contributed by atoms with E-state index in [4.69, 9.17) is 5.11 Å². The monoisotopic (exact) mass is 222 g/mol. The second-order valence-corrected chi connectivity index (χ2v) is 4.88. The summed E-state index contributed by atoms with van der Waals surface area (Å²) in [5.41, 5.74) is 2.47. The maximum absolute atomic E-state index is 10.5. The molecule has 1 N–H and O–H groups in total. The van der Waals surface area contributed by atoms with E-state index in [1.165, 1.54) is 16.0 Å². The highest BCUT2D eigenvalue weighted by Crippen LogP contribution is 2.36. The molecule has 1 aliphatic carbocycles. The first kappa shape index (κ1) is 10.4. The molecule has 2 nitrogen and oxygen atoms in total. The number of fused-ring (bicyclic) bond motifs is 1. The predicted molar refractivity (Wildman–Crippen MR) is 62.3 cm³/mol. The Morgan fingerprint density at radius 1 is 1.67 bits per heavy atom. The van der Waals surface area contributed by atoms with Crippen LogP contribution >= 0.6 is 11.3 Å². The number of rotatable bonds is 3. The third kappa shape index (κ3) is 2.12. The van der Waals surface area contributed by atoms with Crippen LogP contribution < -0.4 is 0 Å². The summed E-state index contributed by atoms with van der Waals surface area (Å²) in [5, 5.41) is 10.8. The SMILES string of the molecule is CC1CC=Cc2c(CCC(=O)O)csc21. The van der Waals surface area contributed by atoms with Gasteiger partial charge in [-0.1, -0.05) is 19.1 Å². The molecular weight excluding hydrogens is 208 g/mol. The van der Waals surface area contributed by atoms with E-state index in [1.807, 2.05) is 0 Å². The molecule has 0 aliphatic heterocycles. The molecule has 0 spiro atoms. The normalized spacial score (nSPS) is 18.9. The lowest BCUT2D eigenvalue weighted by Gasteiger charge is -2.13. The number of hydrogen-bond donors (Lipinski definition) is 1. The molecule has 15 heavy (non-hydrogen) atoms. The van der Waals surface area contributed by atoms with Crippen LogP contribution in [0.25, 0.3) is 6.08 Å². The molecule has 80 valence electrons. The third-order valence-corrected chi connectivity index (χ3v) is 4.05. The van der Waals surface area contributed by atoms with Crippen molar-refractivity contribution in [1.82, 2.24) is 0 Å². The highest BCUT2D eigenvalue weighted by atomic mass is 32.1. The first-order valence-corrected chi connectivity index (χ1v) is 6.05. The zero-order valence-electron chi connectivity index (χ0n) is 8.69. The van der Waals surface area contributed by atoms with Crippen LogP contribution in [0, 0.1) is 0 Å². The van der Waals surface area contributed by atoms with E-state index in [1.54, 1.807) is 11.3 Å². The number of allylic oxidation sites excluding steroid dienone is 1. The van der Waals surface area contributed by atoms with Crippen molar-refractivity contribution in [2.75, 3.05) is 0 Å². The average molecular weight is 222 g/mol. The van der Waals surface area contributed by atoms with E-state index in [0.717, 1.165) is 6.42 Å². The molecule has 1 aromatic rings. The number of aliphatic carboxylic acids is 1. The quantitative estimate of drug-likeness (QED) is 0.852. The second kappa shape index (κ2) is 4.19. The maximum Gasteiger partial charge on any atom is 0.303 e. The van der Waals surface area contributed by atoms with Gasteiger partial charge in [0.1, 0.15) is 0 Å². The average Bonchev–Trinajstić information content (AvgIpc) is 2.59. The van der Waals surface area contributed by atoms with Crippen LogP contribution in [-0.4, -0.2) is 11.1 Å². The molecule has 0 fully saturated rings. The zero-order chi connectivity index (χ0) is 10.8. The lowest BCUT2D eigenvalue weighted by Crippen LogP contribution is -2.00. The Kier molecular flexibility index (Phi) is 2.91. The summed E-state index contributed by atoms with van der Waals surface area (Å²) >= 11 is 1.77. The zero-order valence-corrected chi connectivity index (χ0v) is 9.51. The van der Waals surface area contributed by atoms with Crippen LogP contribution in [0.2, 0.25) is 0 Å². The molecule has 3 heteroatoms. The van der Waals surface area contributed by atoms with Crippen LogP contribution in [-0.2, 0) is 11.2 Å². The number of carboxylic acids is 1. The van der Waals surface area contributed by atoms with Gasteiger partial charge in [-0.05, 0) is 35.3 Å². The lowest BCUT2D eigenvalue weighted by molar-refractivity contribution is -0.136. The highest BCUT2D eigenvalue weighted by molar-refractivity contribution is 7.10. The second-order valence-electron chi connectivity index (χ2n) is 3.97. The van der Waals surface area contributed by atoms with E-state index < -0.39 is 5.97 Å². The molecular formula is C12H14O2S. The number of aryl methyl sites for hydroxylation is 1. The van der Waals surface area contributed by atoms with Gasteiger partial charge in [-0.2, -0.15) is 0 Å². The summed E-state index contributed by atoms with van der Waals surface area (Å²) in [7, 11) is 0. The summed E-state index contributed by atoms with van der Waals surface area (Å²) < 4.78 is 0. The van der Waals surface area contributed by atoms with Gasteiger partial charge in [-0.15, -0.1) is 11.3 Å². The van der Waals surface area contributed by atoms with Crippen molar-refractivity contribution < 1.29 is 9.90 Å². The number of hydrogen-bond acceptors (Lipinski definition) is 2. The Morgan fingerprint density at radius 3 is 3.20 bits per heavy atom. The fourth-order valence-corrected chi connectivity index (χ4v) is 3.09. The van der Waals surface area contributed by atoms with Gasteiger partial charge in [0.15, 0.2) is 0 Å². The van der Waals surface area contributed by atoms with Gasteiger partial charge < -0.3 is 5.11 Å². The van der Waals surface area contributed by atoms with Gasteiger partial charge in [0.2, 0.25) is 0 Å². The van der Waals surface area contributed by atoms with Crippen molar-refractivity contribution in [1.29, 1.82) is 0 Å². The van der Waals surface area contributed by atoms with Crippen molar-refractivity contribution in [2.45, 2.75) is 32.1 Å². The van der Waals surface area contributed by atoms with Crippen LogP contribution in [0.1, 0.15) is 41.7 Å². The molecule has 0 amide bonds. The minimum absolute atomic E-state index is 0.228. The van der Waals surface area contributed by atoms with Gasteiger partial charge >= 0.3 is 5.97 Å². The van der Waals surface area contributed by atoms with Crippen molar-refractivity contribution >= 4 is 23.4 Å². The van der Waals surface area contributed by atoms with Crippen molar-refractivity contribution in [3.63, 3.8) is 0 Å². The van der Waals surface area contributed by atoms with Crippen molar-refractivity contribution in [2.24, 2.45) is 0 Å². The molecule has 0 bridgehead atoms. The van der Waals surface area contributed by atoms with Crippen LogP contribution in [0.4, 0.5) is 0 Å². The standard InChI is InChI=1S/C12H14O2S/c1-8-3-2-4-10-9(5-6-11(13)14)7-15-12(8)10/h2,4,7-8H,3,5-6H2,1H3,(H,13,14). The number of thiophene rings is 1. The summed E-state index contributed by atoms with van der Waals surface area (Å²) in [6.07, 6.45) is 6.31. The molecule has 0 saturated heterocycles. The Bertz CT molecular complexity index is 404. The summed E-state index contributed by atoms with van der Waals surface area (Å²) in [5.74, 6) is -0.128. The smallest absolute Gasteiger partial charge is 0.303 e. The van der Waals surface area contributed by atoms with E-state index >= 15 is 0 Å². The van der Waals surface area contributed by atoms with E-state index in [0.29, 0.717) is 12.3 Å². The van der Waals surface area contributed by atoms with Gasteiger partial charge in [0, 0.05) is 11.3 Å². The minimum atomic E-state index is -0.720. The Morgan fingerprint density at radius 2 is 2.47 bits per heavy atom. The fourth-order valence-electron chi connectivity index (χ4n) is 1.92. The first-order chi connectivity index (χ1) is 7.18. The van der Waals surface area contributed by atoms with Gasteiger partial charge in [0.05, 0.1) is 0 Å². The molecule has 1 aliphatic rings. The molecule has 0 aromatic carbocycles. The van der Waals surface area contributed by atoms with Gasteiger partial charge in [0.25, 0.3) is 0 Å². The van der Waals surface area contributed by atoms with Crippen molar-refractivity contribution in [3.8, 4) is 0 Å². The lowest BCUT2D eigenvalue weighted by atomic mass is 9.93. The molecule has 0 saturated carbocycles. The topological polar surface area (TPSA) is 37.3 Å². The largest absolute Gasteiger partial charge is 0.481 e. The number of carboxylic acid groups (broad SMARTS) is 1. The van der Waals surface area contributed by atoms with Crippen LogP contribution in [0.3, 0.4) is 0 Å². The first-order valence-electron chi connectivity index (χ1n) is 5.17. The fraction of sp³-hybridized carbons (Fsp3) is 0.417. The Balaban J connectivity index is 2.21. The van der Waals surface area contributed by atoms with E-state index in [9.17, 15) is 4.79 Å². The molecule has 2 rings (SSSR count).